The number of hydrogen-bond acceptors (Lipinski definition) is 6. The molecule has 0 fully saturated rings. The monoisotopic (exact) mass is 242 g/mol. The quantitative estimate of drug-likeness (QED) is 0.249. The number of nitrogens with one attached hydrogen (secondary N) is 4. The highest BCUT2D eigenvalue weighted by atomic mass is 15.6. The maximum atomic E-state index is 4.07. The van der Waals surface area contributed by atoms with Crippen LogP contribution in [0.3, 0.4) is 0 Å². The van der Waals surface area contributed by atoms with Gasteiger partial charge in [0.1, 0.15) is 0 Å². The van der Waals surface area contributed by atoms with Gasteiger partial charge < -0.3 is 0 Å². The summed E-state index contributed by atoms with van der Waals surface area (Å²) in [6.45, 7) is 8.02. The molecular formula is C11H26N6. The standard InChI is InChI=1S/C11H26N6/c1-4-6-8-12-16-14-10-11(3)15-17-13-9-7-5-2/h10,12-13,16-17H,4-9H2,1-3H3. The van der Waals surface area contributed by atoms with Gasteiger partial charge in [0.05, 0.1) is 11.9 Å². The molecule has 0 heterocycles. The number of hydrazine groups is 2. The Morgan fingerprint density at radius 2 is 1.59 bits per heavy atom. The van der Waals surface area contributed by atoms with E-state index in [0.29, 0.717) is 0 Å². The smallest absolute Gasteiger partial charge is 0.0788 e. The molecule has 0 atom stereocenters. The van der Waals surface area contributed by atoms with E-state index in [-0.39, 0.29) is 0 Å². The lowest BCUT2D eigenvalue weighted by atomic mass is 10.3. The van der Waals surface area contributed by atoms with Gasteiger partial charge in [0.15, 0.2) is 0 Å². The normalized spacial score (nSPS) is 12.1. The summed E-state index contributed by atoms with van der Waals surface area (Å²) in [6, 6.07) is 0. The Balaban J connectivity index is 3.44. The van der Waals surface area contributed by atoms with Gasteiger partial charge in [-0.1, -0.05) is 26.7 Å². The van der Waals surface area contributed by atoms with Crippen molar-refractivity contribution >= 4 is 11.9 Å². The van der Waals surface area contributed by atoms with Crippen molar-refractivity contribution in [3.8, 4) is 0 Å². The predicted molar refractivity (Wildman–Crippen MR) is 73.7 cm³/mol. The van der Waals surface area contributed by atoms with E-state index in [1.54, 1.807) is 6.21 Å². The third-order valence-electron chi connectivity index (χ3n) is 2.02. The summed E-state index contributed by atoms with van der Waals surface area (Å²) in [5, 5.41) is 8.04. The zero-order valence-electron chi connectivity index (χ0n) is 11.2. The van der Waals surface area contributed by atoms with Crippen LogP contribution in [0, 0.1) is 0 Å². The van der Waals surface area contributed by atoms with E-state index in [1.807, 2.05) is 6.92 Å². The van der Waals surface area contributed by atoms with E-state index in [1.165, 1.54) is 12.8 Å². The van der Waals surface area contributed by atoms with Gasteiger partial charge in [0, 0.05) is 13.1 Å². The van der Waals surface area contributed by atoms with E-state index in [4.69, 9.17) is 0 Å². The molecule has 0 aromatic rings. The Hall–Kier alpha value is -1.14. The lowest BCUT2D eigenvalue weighted by Crippen LogP contribution is -2.30. The van der Waals surface area contributed by atoms with Gasteiger partial charge in [-0.05, 0) is 19.8 Å². The Morgan fingerprint density at radius 1 is 1.00 bits per heavy atom. The molecule has 6 heteroatoms. The fourth-order valence-corrected chi connectivity index (χ4v) is 0.970. The molecule has 0 rings (SSSR count). The van der Waals surface area contributed by atoms with Gasteiger partial charge in [-0.2, -0.15) is 10.2 Å². The summed E-state index contributed by atoms with van der Waals surface area (Å²) in [6.07, 6.45) is 6.28. The van der Waals surface area contributed by atoms with Crippen molar-refractivity contribution in [2.24, 2.45) is 10.2 Å². The molecular weight excluding hydrogens is 216 g/mol. The molecule has 0 unspecified atom stereocenters. The Bertz CT molecular complexity index is 214. The van der Waals surface area contributed by atoms with Crippen LogP contribution >= 0.6 is 0 Å². The van der Waals surface area contributed by atoms with Gasteiger partial charge in [0.2, 0.25) is 0 Å². The number of hydrazone groups is 2. The highest BCUT2D eigenvalue weighted by Crippen LogP contribution is 1.81. The lowest BCUT2D eigenvalue weighted by Gasteiger charge is -2.02. The van der Waals surface area contributed by atoms with Crippen molar-refractivity contribution in [2.45, 2.75) is 46.5 Å². The highest BCUT2D eigenvalue weighted by Gasteiger charge is 1.85. The van der Waals surface area contributed by atoms with Crippen molar-refractivity contribution < 1.29 is 0 Å². The number of hydrogen-bond donors (Lipinski definition) is 4. The largest absolute Gasteiger partial charge is 0.243 e. The van der Waals surface area contributed by atoms with Crippen LogP contribution in [0.5, 0.6) is 0 Å². The summed E-state index contributed by atoms with van der Waals surface area (Å²) in [4.78, 5) is 0. The van der Waals surface area contributed by atoms with Gasteiger partial charge >= 0.3 is 0 Å². The zero-order valence-corrected chi connectivity index (χ0v) is 11.2. The third-order valence-corrected chi connectivity index (χ3v) is 2.02. The molecule has 6 nitrogen and oxygen atoms in total. The Labute approximate surface area is 104 Å². The second-order valence-corrected chi connectivity index (χ2v) is 3.80. The van der Waals surface area contributed by atoms with Crippen LogP contribution in [0.4, 0.5) is 0 Å². The Kier molecular flexibility index (Phi) is 12.1. The molecule has 0 aliphatic heterocycles. The molecule has 0 saturated carbocycles. The number of nitrogens with zero attached hydrogens (tertiary/aromatic N) is 2. The van der Waals surface area contributed by atoms with Crippen molar-refractivity contribution in [3.63, 3.8) is 0 Å². The van der Waals surface area contributed by atoms with E-state index >= 15 is 0 Å². The first kappa shape index (κ1) is 15.9. The topological polar surface area (TPSA) is 72.8 Å². The highest BCUT2D eigenvalue weighted by molar-refractivity contribution is 6.29. The summed E-state index contributed by atoms with van der Waals surface area (Å²) < 4.78 is 0. The van der Waals surface area contributed by atoms with E-state index < -0.39 is 0 Å². The second kappa shape index (κ2) is 12.9. The SMILES string of the molecule is CCCCNNN=CC(C)=NNNCCCC. The lowest BCUT2D eigenvalue weighted by molar-refractivity contribution is 0.536. The molecule has 0 amide bonds. The van der Waals surface area contributed by atoms with E-state index in [9.17, 15) is 0 Å². The van der Waals surface area contributed by atoms with Crippen LogP contribution in [0.1, 0.15) is 46.5 Å². The minimum atomic E-state index is 0.804. The first-order valence-electron chi connectivity index (χ1n) is 6.34. The summed E-state index contributed by atoms with van der Waals surface area (Å²) >= 11 is 0. The average Bonchev–Trinajstić information content (AvgIpc) is 2.33. The molecule has 4 N–H and O–H groups in total. The molecule has 100 valence electrons. The molecule has 0 radical (unpaired) electrons. The van der Waals surface area contributed by atoms with Gasteiger partial charge in [-0.3, -0.25) is 0 Å². The third kappa shape index (κ3) is 12.8. The molecule has 0 aromatic carbocycles. The minimum Gasteiger partial charge on any atom is -0.243 e. The van der Waals surface area contributed by atoms with Crippen LogP contribution in [0.15, 0.2) is 10.2 Å². The van der Waals surface area contributed by atoms with Crippen LogP contribution in [-0.2, 0) is 0 Å². The van der Waals surface area contributed by atoms with Crippen LogP contribution in [0.2, 0.25) is 0 Å². The molecule has 0 bridgehead atoms. The number of rotatable bonds is 11. The molecule has 0 spiro atoms. The van der Waals surface area contributed by atoms with E-state index in [2.05, 4.69) is 46.0 Å². The van der Waals surface area contributed by atoms with Crippen molar-refractivity contribution in [3.05, 3.63) is 0 Å². The van der Waals surface area contributed by atoms with Gasteiger partial charge in [0.25, 0.3) is 0 Å². The van der Waals surface area contributed by atoms with Crippen LogP contribution in [-0.4, -0.2) is 25.0 Å². The van der Waals surface area contributed by atoms with E-state index in [0.717, 1.165) is 31.6 Å². The van der Waals surface area contributed by atoms with Crippen molar-refractivity contribution in [1.29, 1.82) is 0 Å². The van der Waals surface area contributed by atoms with Crippen LogP contribution in [0.25, 0.3) is 0 Å². The molecule has 17 heavy (non-hydrogen) atoms. The first-order chi connectivity index (χ1) is 8.31. The first-order valence-corrected chi connectivity index (χ1v) is 6.34. The summed E-state index contributed by atoms with van der Waals surface area (Å²) in [5.41, 5.74) is 12.3. The molecule has 0 aliphatic carbocycles. The summed E-state index contributed by atoms with van der Waals surface area (Å²) in [5.74, 6) is 0. The average molecular weight is 242 g/mol. The fourth-order valence-electron chi connectivity index (χ4n) is 0.970. The maximum absolute atomic E-state index is 4.07. The minimum absolute atomic E-state index is 0.804. The Morgan fingerprint density at radius 3 is 2.18 bits per heavy atom. The predicted octanol–water partition coefficient (Wildman–Crippen LogP) is 1.14. The fraction of sp³-hybridized carbons (Fsp3) is 0.818. The van der Waals surface area contributed by atoms with Crippen molar-refractivity contribution in [1.82, 2.24) is 21.9 Å². The van der Waals surface area contributed by atoms with Gasteiger partial charge in [-0.15, -0.1) is 0 Å². The van der Waals surface area contributed by atoms with Crippen molar-refractivity contribution in [2.75, 3.05) is 13.1 Å². The van der Waals surface area contributed by atoms with Gasteiger partial charge in [-0.25, -0.2) is 21.9 Å². The molecule has 0 saturated heterocycles. The second-order valence-electron chi connectivity index (χ2n) is 3.80. The molecule has 0 aliphatic rings. The maximum Gasteiger partial charge on any atom is 0.0788 e. The summed E-state index contributed by atoms with van der Waals surface area (Å²) in [7, 11) is 0. The molecule has 0 aromatic heterocycles. The zero-order chi connectivity index (χ0) is 12.8. The van der Waals surface area contributed by atoms with Crippen LogP contribution < -0.4 is 21.9 Å². The number of unbranched alkanes of at least 4 members (excludes halogenated alkanes) is 2.